The minimum absolute atomic E-state index is 0.187. The van der Waals surface area contributed by atoms with Gasteiger partial charge in [-0.3, -0.25) is 14.6 Å². The maximum absolute atomic E-state index is 6.00. The molecule has 108 valence electrons. The van der Waals surface area contributed by atoms with Crippen molar-refractivity contribution in [2.45, 2.75) is 25.9 Å². The zero-order valence-electron chi connectivity index (χ0n) is 12.5. The number of aromatic nitrogens is 3. The van der Waals surface area contributed by atoms with Crippen LogP contribution in [0.1, 0.15) is 29.8 Å². The molecule has 1 unspecified atom stereocenters. The van der Waals surface area contributed by atoms with Gasteiger partial charge in [0, 0.05) is 44.3 Å². The summed E-state index contributed by atoms with van der Waals surface area (Å²) in [4.78, 5) is 6.32. The van der Waals surface area contributed by atoms with Gasteiger partial charge < -0.3 is 5.73 Å². The molecule has 0 fully saturated rings. The molecule has 5 nitrogen and oxygen atoms in total. The van der Waals surface area contributed by atoms with Gasteiger partial charge in [0.15, 0.2) is 0 Å². The predicted octanol–water partition coefficient (Wildman–Crippen LogP) is 1.51. The van der Waals surface area contributed by atoms with E-state index in [0.29, 0.717) is 6.54 Å². The third-order valence-electron chi connectivity index (χ3n) is 3.57. The Morgan fingerprint density at radius 3 is 2.65 bits per heavy atom. The van der Waals surface area contributed by atoms with E-state index in [4.69, 9.17) is 5.73 Å². The smallest absolute Gasteiger partial charge is 0.0670 e. The lowest BCUT2D eigenvalue weighted by Crippen LogP contribution is -2.30. The van der Waals surface area contributed by atoms with Crippen molar-refractivity contribution in [2.24, 2.45) is 12.8 Å². The van der Waals surface area contributed by atoms with Crippen LogP contribution in [0.2, 0.25) is 0 Å². The summed E-state index contributed by atoms with van der Waals surface area (Å²) in [5.41, 5.74) is 9.60. The van der Waals surface area contributed by atoms with E-state index in [9.17, 15) is 0 Å². The van der Waals surface area contributed by atoms with E-state index >= 15 is 0 Å². The molecular weight excluding hydrogens is 250 g/mol. The number of rotatable bonds is 6. The summed E-state index contributed by atoms with van der Waals surface area (Å²) < 4.78 is 1.87. The second kappa shape index (κ2) is 6.63. The zero-order chi connectivity index (χ0) is 14.5. The molecule has 0 radical (unpaired) electrons. The number of nitrogens with two attached hydrogens (primary N) is 1. The number of likely N-dealkylation sites (N-methyl/N-ethyl adjacent to an activating group) is 1. The van der Waals surface area contributed by atoms with Gasteiger partial charge in [0.1, 0.15) is 0 Å². The quantitative estimate of drug-likeness (QED) is 0.866. The average molecular weight is 273 g/mol. The summed E-state index contributed by atoms with van der Waals surface area (Å²) in [5.74, 6) is 0. The Morgan fingerprint density at radius 2 is 2.05 bits per heavy atom. The number of pyridine rings is 1. The van der Waals surface area contributed by atoms with E-state index < -0.39 is 0 Å². The molecule has 0 saturated heterocycles. The Labute approximate surface area is 120 Å². The molecule has 2 rings (SSSR count). The van der Waals surface area contributed by atoms with Crippen molar-refractivity contribution >= 4 is 0 Å². The molecule has 2 heterocycles. The van der Waals surface area contributed by atoms with Gasteiger partial charge in [-0.1, -0.05) is 6.92 Å². The van der Waals surface area contributed by atoms with Gasteiger partial charge in [-0.15, -0.1) is 0 Å². The van der Waals surface area contributed by atoms with Crippen LogP contribution < -0.4 is 5.73 Å². The molecule has 0 saturated carbocycles. The van der Waals surface area contributed by atoms with Gasteiger partial charge in [0.2, 0.25) is 0 Å². The predicted molar refractivity (Wildman–Crippen MR) is 80.1 cm³/mol. The van der Waals surface area contributed by atoms with Crippen LogP contribution in [0.25, 0.3) is 0 Å². The topological polar surface area (TPSA) is 60.0 Å². The monoisotopic (exact) mass is 273 g/mol. The number of aryl methyl sites for hydroxylation is 2. The normalized spacial score (nSPS) is 12.8. The van der Waals surface area contributed by atoms with Crippen molar-refractivity contribution < 1.29 is 0 Å². The minimum Gasteiger partial charge on any atom is -0.329 e. The first-order chi connectivity index (χ1) is 9.65. The van der Waals surface area contributed by atoms with E-state index in [-0.39, 0.29) is 6.04 Å². The molecule has 2 aromatic rings. The first-order valence-corrected chi connectivity index (χ1v) is 6.97. The number of nitrogens with zero attached hydrogens (tertiary/aromatic N) is 4. The molecule has 0 aliphatic rings. The first kappa shape index (κ1) is 14.7. The van der Waals surface area contributed by atoms with Crippen molar-refractivity contribution in [3.63, 3.8) is 0 Å². The molecular formula is C15H23N5. The third-order valence-corrected chi connectivity index (χ3v) is 3.57. The second-order valence-corrected chi connectivity index (χ2v) is 5.08. The van der Waals surface area contributed by atoms with Crippen LogP contribution in [-0.2, 0) is 20.0 Å². The van der Waals surface area contributed by atoms with E-state index in [1.165, 1.54) is 11.1 Å². The molecule has 1 atom stereocenters. The summed E-state index contributed by atoms with van der Waals surface area (Å²) in [5, 5.41) is 4.51. The molecule has 20 heavy (non-hydrogen) atoms. The molecule has 0 aliphatic heterocycles. The van der Waals surface area contributed by atoms with Gasteiger partial charge in [-0.25, -0.2) is 0 Å². The molecule has 0 amide bonds. The SMILES string of the molecule is CCc1nn(C)cc1C(CN)N(C)Cc1ccncc1. The zero-order valence-corrected chi connectivity index (χ0v) is 12.5. The van der Waals surface area contributed by atoms with Crippen molar-refractivity contribution in [3.8, 4) is 0 Å². The average Bonchev–Trinajstić information content (AvgIpc) is 2.81. The molecule has 0 aromatic carbocycles. The first-order valence-electron chi connectivity index (χ1n) is 6.97. The second-order valence-electron chi connectivity index (χ2n) is 5.08. The molecule has 0 spiro atoms. The van der Waals surface area contributed by atoms with Crippen LogP contribution in [0.3, 0.4) is 0 Å². The summed E-state index contributed by atoms with van der Waals surface area (Å²) in [7, 11) is 4.06. The molecule has 2 aromatic heterocycles. The lowest BCUT2D eigenvalue weighted by Gasteiger charge is -2.27. The summed E-state index contributed by atoms with van der Waals surface area (Å²) in [6.45, 7) is 3.56. The van der Waals surface area contributed by atoms with Gasteiger partial charge >= 0.3 is 0 Å². The molecule has 0 aliphatic carbocycles. The van der Waals surface area contributed by atoms with Crippen LogP contribution in [-0.4, -0.2) is 33.3 Å². The standard InChI is InChI=1S/C15H23N5/c1-4-14-13(11-20(3)18-14)15(9-16)19(2)10-12-5-7-17-8-6-12/h5-8,11,15H,4,9-10,16H2,1-3H3. The highest BCUT2D eigenvalue weighted by molar-refractivity contribution is 5.22. The van der Waals surface area contributed by atoms with Crippen molar-refractivity contribution in [1.29, 1.82) is 0 Å². The Balaban J connectivity index is 2.18. The van der Waals surface area contributed by atoms with Crippen LogP contribution in [0.4, 0.5) is 0 Å². The van der Waals surface area contributed by atoms with Crippen molar-refractivity contribution in [1.82, 2.24) is 19.7 Å². The fourth-order valence-electron chi connectivity index (χ4n) is 2.54. The molecule has 0 bridgehead atoms. The van der Waals surface area contributed by atoms with E-state index in [0.717, 1.165) is 18.7 Å². The van der Waals surface area contributed by atoms with Crippen molar-refractivity contribution in [3.05, 3.63) is 47.5 Å². The lowest BCUT2D eigenvalue weighted by molar-refractivity contribution is 0.240. The van der Waals surface area contributed by atoms with Crippen LogP contribution in [0, 0.1) is 0 Å². The fourth-order valence-corrected chi connectivity index (χ4v) is 2.54. The highest BCUT2D eigenvalue weighted by Gasteiger charge is 2.20. The Morgan fingerprint density at radius 1 is 1.35 bits per heavy atom. The number of hydrogen-bond donors (Lipinski definition) is 1. The largest absolute Gasteiger partial charge is 0.329 e. The highest BCUT2D eigenvalue weighted by Crippen LogP contribution is 2.23. The van der Waals surface area contributed by atoms with E-state index in [1.807, 2.05) is 36.3 Å². The van der Waals surface area contributed by atoms with Crippen LogP contribution in [0.15, 0.2) is 30.7 Å². The summed E-state index contributed by atoms with van der Waals surface area (Å²) in [6, 6.07) is 4.26. The van der Waals surface area contributed by atoms with Gasteiger partial charge in [-0.05, 0) is 31.2 Å². The molecule has 2 N–H and O–H groups in total. The van der Waals surface area contributed by atoms with E-state index in [1.54, 1.807) is 0 Å². The van der Waals surface area contributed by atoms with Gasteiger partial charge in [-0.2, -0.15) is 5.10 Å². The van der Waals surface area contributed by atoms with Crippen LogP contribution >= 0.6 is 0 Å². The minimum atomic E-state index is 0.187. The maximum atomic E-state index is 6.00. The van der Waals surface area contributed by atoms with Crippen molar-refractivity contribution in [2.75, 3.05) is 13.6 Å². The Bertz CT molecular complexity index is 534. The van der Waals surface area contributed by atoms with Crippen LogP contribution in [0.5, 0.6) is 0 Å². The lowest BCUT2D eigenvalue weighted by atomic mass is 10.0. The maximum Gasteiger partial charge on any atom is 0.0670 e. The van der Waals surface area contributed by atoms with Gasteiger partial charge in [0.05, 0.1) is 11.7 Å². The third kappa shape index (κ3) is 3.23. The summed E-state index contributed by atoms with van der Waals surface area (Å²) in [6.07, 6.45) is 6.65. The fraction of sp³-hybridized carbons (Fsp3) is 0.467. The molecule has 5 heteroatoms. The number of hydrogen-bond acceptors (Lipinski definition) is 4. The summed E-state index contributed by atoms with van der Waals surface area (Å²) >= 11 is 0. The highest BCUT2D eigenvalue weighted by atomic mass is 15.3. The van der Waals surface area contributed by atoms with Gasteiger partial charge in [0.25, 0.3) is 0 Å². The van der Waals surface area contributed by atoms with E-state index in [2.05, 4.69) is 35.2 Å². The Kier molecular flexibility index (Phi) is 4.87. The Hall–Kier alpha value is -1.72.